The first-order chi connectivity index (χ1) is 55.0. The van der Waals surface area contributed by atoms with Crippen LogP contribution in [0.2, 0.25) is 0 Å². The number of ether oxygens (including phenoxy) is 6. The minimum atomic E-state index is -2.23. The van der Waals surface area contributed by atoms with Crippen molar-refractivity contribution in [3.05, 3.63) is 95.2 Å². The molecule has 19 rings (SSSR count). The molecule has 19 unspecified atom stereocenters. The van der Waals surface area contributed by atoms with Crippen LogP contribution < -0.4 is 0 Å². The van der Waals surface area contributed by atoms with Gasteiger partial charge in [-0.05, 0) is 229 Å². The largest absolute Gasteiger partial charge is 0.393 e. The number of hydrogen-bond donors (Lipinski definition) is 10. The van der Waals surface area contributed by atoms with Crippen molar-refractivity contribution in [2.24, 2.45) is 96.6 Å². The molecule has 0 aromatic rings. The summed E-state index contributed by atoms with van der Waals surface area (Å²) in [4.78, 5) is 99.2. The zero-order valence-corrected chi connectivity index (χ0v) is 69.4. The summed E-state index contributed by atoms with van der Waals surface area (Å²) in [6, 6.07) is 0. The Labute approximate surface area is 684 Å². The minimum absolute atomic E-state index is 0.0106. The molecule has 0 aromatic carbocycles. The van der Waals surface area contributed by atoms with E-state index < -0.39 is 205 Å². The third-order valence-corrected chi connectivity index (χ3v) is 35.6. The lowest BCUT2D eigenvalue weighted by atomic mass is 9.44. The molecule has 3 aliphatic heterocycles. The fourth-order valence-electron chi connectivity index (χ4n) is 30.2. The molecular formula is C91H117F3O24. The van der Waals surface area contributed by atoms with Gasteiger partial charge in [0.15, 0.2) is 104 Å². The van der Waals surface area contributed by atoms with Gasteiger partial charge in [0.25, 0.3) is 0 Å². The lowest BCUT2D eigenvalue weighted by molar-refractivity contribution is -0.284. The van der Waals surface area contributed by atoms with Crippen molar-refractivity contribution in [2.75, 3.05) is 26.4 Å². The molecule has 0 bridgehead atoms. The summed E-state index contributed by atoms with van der Waals surface area (Å²) in [7, 11) is 0. The van der Waals surface area contributed by atoms with Gasteiger partial charge in [0, 0.05) is 67.0 Å². The van der Waals surface area contributed by atoms with Crippen LogP contribution >= 0.6 is 0 Å². The van der Waals surface area contributed by atoms with E-state index in [1.807, 2.05) is 26.8 Å². The minimum Gasteiger partial charge on any atom is -0.393 e. The van der Waals surface area contributed by atoms with Gasteiger partial charge in [0.2, 0.25) is 0 Å². The summed E-state index contributed by atoms with van der Waals surface area (Å²) in [6.07, 6.45) is 15.1. The molecule has 0 amide bonds. The fourth-order valence-corrected chi connectivity index (χ4v) is 30.2. The first-order valence-corrected chi connectivity index (χ1v) is 42.6. The Morgan fingerprint density at radius 2 is 0.856 bits per heavy atom. The predicted octanol–water partition coefficient (Wildman–Crippen LogP) is 7.00. The van der Waals surface area contributed by atoms with E-state index in [9.17, 15) is 89.4 Å². The summed E-state index contributed by atoms with van der Waals surface area (Å²) in [6.45, 7) is 19.2. The second-order valence-electron chi connectivity index (χ2n) is 40.5. The molecule has 0 aromatic heterocycles. The van der Waals surface area contributed by atoms with Crippen molar-refractivity contribution >= 4 is 46.3 Å². The van der Waals surface area contributed by atoms with E-state index in [0.29, 0.717) is 69.8 Å². The van der Waals surface area contributed by atoms with Gasteiger partial charge < -0.3 is 79.5 Å². The molecule has 10 N–H and O–H groups in total. The van der Waals surface area contributed by atoms with Gasteiger partial charge in [0.05, 0.1) is 48.8 Å². The Bertz CT molecular complexity index is 4560. The Kier molecular flexibility index (Phi) is 20.2. The van der Waals surface area contributed by atoms with Crippen molar-refractivity contribution in [3.63, 3.8) is 0 Å². The number of ketones is 8. The number of alkyl halides is 3. The first-order valence-electron chi connectivity index (χ1n) is 42.6. The van der Waals surface area contributed by atoms with Gasteiger partial charge in [-0.15, -0.1) is 0 Å². The van der Waals surface area contributed by atoms with Crippen molar-refractivity contribution in [1.29, 1.82) is 0 Å². The molecule has 16 aliphatic carbocycles. The summed E-state index contributed by atoms with van der Waals surface area (Å²) >= 11 is 0. The molecule has 27 heteroatoms. The third-order valence-electron chi connectivity index (χ3n) is 35.6. The normalized spacial score (nSPS) is 53.2. The topological polar surface area (TPSA) is 394 Å². The summed E-state index contributed by atoms with van der Waals surface area (Å²) in [5.41, 5.74) is -16.6. The number of aliphatic hydroxyl groups excluding tert-OH is 9. The molecule has 118 heavy (non-hydrogen) atoms. The van der Waals surface area contributed by atoms with E-state index in [1.165, 1.54) is 42.5 Å². The molecule has 646 valence electrons. The molecule has 0 radical (unpaired) electrons. The standard InChI is InChI=1S/C24H31FO6.C23H29FO6.C23H30O6.C21H27FO6/c1-20(2)30-19-10-16-15-6-5-13-9-14(27)7-8-21(13,3)23(15,25)17(28)11-22(16,4)24(19,31-20)18(29)12-26;1-12-29-19-9-16-15-5-4-13-8-14(26)6-7-20(13,2)22(15,24)17(27)10-21(16,3)23(19,30-12)18(28)11-25;1-12-28-11-19(27)23(29-12)18(26)9-16-15-5-4-13-8-14(24)6-7-21(13,2)20(15)17(25)10-22(16,23)3;1-18-6-5-12(24)7-11(18)3-4-13-14-8-15(25)21(28,17(27)10-23)19(14,2)9-16(26)20(13,18)22/h7-9,15-17,19,26,28H,5-6,10-12H2,1-4H3;6-8,12,15-17,19,25,27H,4-5,9-11H2,1-3H3;6-8,12,15-18,20,25-26H,4-5,9-11H2,1-3H3;5-7,13-16,23,25-26,28H,3-4,8-10H2,1-2H3/t15?,16?,17?,19-,21?,22?,23+,24-;12?,15-,16-,17-,19+,20-,21-,22-,23+;;13?,14?,15-,16?,18+,19?,20+,21+/m10.1/s1. The number of aliphatic hydroxyl groups is 10. The first kappa shape index (κ1) is 86.0. The van der Waals surface area contributed by atoms with Gasteiger partial charge in [-0.3, -0.25) is 38.4 Å². The highest BCUT2D eigenvalue weighted by atomic mass is 19.2. The number of halogens is 3. The summed E-state index contributed by atoms with van der Waals surface area (Å²) in [5.74, 6) is -6.29. The van der Waals surface area contributed by atoms with Crippen molar-refractivity contribution < 1.29 is 131 Å². The Balaban J connectivity index is 0.000000118. The van der Waals surface area contributed by atoms with E-state index >= 15 is 13.2 Å². The Morgan fingerprint density at radius 3 is 1.34 bits per heavy atom. The van der Waals surface area contributed by atoms with Crippen LogP contribution in [0.15, 0.2) is 95.2 Å². The van der Waals surface area contributed by atoms with Crippen LogP contribution in [-0.4, -0.2) is 230 Å². The van der Waals surface area contributed by atoms with Crippen molar-refractivity contribution in [1.82, 2.24) is 0 Å². The van der Waals surface area contributed by atoms with Gasteiger partial charge in [0.1, 0.15) is 26.4 Å². The second-order valence-corrected chi connectivity index (χ2v) is 40.5. The number of fused-ring (bicyclic) bond motifs is 25. The average molecular weight is 1650 g/mol. The molecular weight excluding hydrogens is 1530 g/mol. The van der Waals surface area contributed by atoms with E-state index in [4.69, 9.17) is 28.4 Å². The van der Waals surface area contributed by atoms with Crippen LogP contribution in [0.4, 0.5) is 13.2 Å². The van der Waals surface area contributed by atoms with E-state index in [0.717, 1.165) is 29.6 Å². The zero-order chi connectivity index (χ0) is 85.8. The lowest BCUT2D eigenvalue weighted by Crippen LogP contribution is -2.70. The molecule has 3 heterocycles. The maximum atomic E-state index is 17.1. The number of carbonyl (C=O) groups is 8. The highest BCUT2D eigenvalue weighted by Gasteiger charge is 2.84. The highest BCUT2D eigenvalue weighted by Crippen LogP contribution is 2.77. The van der Waals surface area contributed by atoms with Gasteiger partial charge in [-0.25, -0.2) is 13.2 Å². The van der Waals surface area contributed by atoms with Crippen molar-refractivity contribution in [2.45, 2.75) is 292 Å². The quantitative estimate of drug-likeness (QED) is 0.128. The molecule has 24 nitrogen and oxygen atoms in total. The number of carbonyl (C=O) groups excluding carboxylic acids is 8. The van der Waals surface area contributed by atoms with Crippen molar-refractivity contribution in [3.8, 4) is 0 Å². The van der Waals surface area contributed by atoms with Crippen LogP contribution in [0.1, 0.15) is 186 Å². The summed E-state index contributed by atoms with van der Waals surface area (Å²) in [5, 5.41) is 107. The molecule has 3 saturated heterocycles. The van der Waals surface area contributed by atoms with Gasteiger partial charge in [-0.2, -0.15) is 0 Å². The highest BCUT2D eigenvalue weighted by molar-refractivity contribution is 6.03. The van der Waals surface area contributed by atoms with Crippen LogP contribution in [0.3, 0.4) is 0 Å². The molecule has 19 aliphatic rings. The van der Waals surface area contributed by atoms with Crippen LogP contribution in [0.5, 0.6) is 0 Å². The molecule has 1 spiro atoms. The molecule has 15 fully saturated rings. The smallest absolute Gasteiger partial charge is 0.193 e. The number of Topliss-reactive ketones (excluding diaryl/α,β-unsaturated/α-hetero) is 4. The second kappa shape index (κ2) is 27.7. The predicted molar refractivity (Wildman–Crippen MR) is 413 cm³/mol. The number of allylic oxidation sites excluding steroid dienone is 16. The van der Waals surface area contributed by atoms with Gasteiger partial charge >= 0.3 is 0 Å². The zero-order valence-electron chi connectivity index (χ0n) is 69.4. The Hall–Kier alpha value is -5.57. The van der Waals surface area contributed by atoms with Crippen LogP contribution in [-0.2, 0) is 66.8 Å². The van der Waals surface area contributed by atoms with Crippen LogP contribution in [0, 0.1) is 96.6 Å². The van der Waals surface area contributed by atoms with Gasteiger partial charge in [-0.1, -0.05) is 81.2 Å². The lowest BCUT2D eigenvalue weighted by Gasteiger charge is -2.62. The Morgan fingerprint density at radius 1 is 0.441 bits per heavy atom. The van der Waals surface area contributed by atoms with Crippen LogP contribution in [0.25, 0.3) is 0 Å². The average Bonchev–Trinajstić information content (AvgIpc) is 1.47. The van der Waals surface area contributed by atoms with E-state index in [2.05, 4.69) is 6.92 Å². The SMILES string of the molecule is CC1(C)O[C@@H]2CC3C4CCC5=CC(=O)C=CC5(C)[C@@]4(F)C(O)CC3(C)[C@]2(C(=O)CO)O1.CC12CC(O)[C@@]3(F)C(CCC4=CC(=O)C=C[C@@]43C)C1C[C@@H](O)[C@]2(O)C(=O)CO.CC1OCC(=O)C2(O1)C(O)CC1C3CCC4=CC(=O)C=CC4(C)C3C(O)CC12C.CC1O[C@@H]2C[C@H]3[C@@H]4CCC5=CC(=O)C=C[C@]5(C)[C@@]4(F)[C@@H](O)C[C@]3(C)[C@]2(C(=O)CO)O1. The number of rotatable bonds is 6. The monoisotopic (exact) mass is 1650 g/mol. The van der Waals surface area contributed by atoms with E-state index in [1.54, 1.807) is 79.7 Å². The molecule has 12 saturated carbocycles. The number of hydrogen-bond acceptors (Lipinski definition) is 24. The summed E-state index contributed by atoms with van der Waals surface area (Å²) < 4.78 is 86.8. The molecule has 34 atom stereocenters. The maximum absolute atomic E-state index is 17.1. The third kappa shape index (κ3) is 10.7. The maximum Gasteiger partial charge on any atom is 0.193 e. The fraction of sp³-hybridized carbons (Fsp3) is 0.736. The van der Waals surface area contributed by atoms with E-state index in [-0.39, 0.29) is 96.2 Å².